The number of hydrogen-bond donors (Lipinski definition) is 4. The Morgan fingerprint density at radius 3 is 2.86 bits per heavy atom. The maximum Gasteiger partial charge on any atom is 0.274 e. The van der Waals surface area contributed by atoms with E-state index in [9.17, 15) is 9.59 Å². The van der Waals surface area contributed by atoms with Crippen molar-refractivity contribution in [2.75, 3.05) is 6.61 Å². The van der Waals surface area contributed by atoms with Crippen molar-refractivity contribution in [1.82, 2.24) is 15.9 Å². The van der Waals surface area contributed by atoms with E-state index in [1.165, 1.54) is 0 Å². The van der Waals surface area contributed by atoms with Gasteiger partial charge in [0.25, 0.3) is 5.91 Å². The van der Waals surface area contributed by atoms with Crippen LogP contribution in [0.25, 0.3) is 10.9 Å². The summed E-state index contributed by atoms with van der Waals surface area (Å²) in [5.41, 5.74) is 5.40. The number of carbonyl (C=O) groups is 2. The van der Waals surface area contributed by atoms with E-state index in [1.807, 2.05) is 18.3 Å². The molecule has 2 rings (SSSR count). The molecule has 0 fully saturated rings. The van der Waals surface area contributed by atoms with Gasteiger partial charge < -0.3 is 4.98 Å². The van der Waals surface area contributed by atoms with Crippen molar-refractivity contribution in [3.63, 3.8) is 0 Å². The minimum absolute atomic E-state index is 0.277. The monoisotopic (exact) mass is 305 g/mol. The topological polar surface area (TPSA) is 103 Å². The zero-order valence-corrected chi connectivity index (χ0v) is 12.1. The summed E-state index contributed by atoms with van der Waals surface area (Å²) >= 11 is 0. The average Bonchev–Trinajstić information content (AvgIpc) is 3.00. The lowest BCUT2D eigenvalue weighted by molar-refractivity contribution is -0.129. The molecule has 0 aliphatic rings. The number of hydroxylamine groups is 2. The highest BCUT2D eigenvalue weighted by Crippen LogP contribution is 2.14. The Balaban J connectivity index is 1.64. The average molecular weight is 305 g/mol. The molecule has 1 aromatic carbocycles. The molecule has 2 amide bonds. The predicted octanol–water partition coefficient (Wildman–Crippen LogP) is 1.90. The van der Waals surface area contributed by atoms with Gasteiger partial charge in [-0.05, 0) is 36.4 Å². The number of H-pyrrole nitrogens is 1. The highest BCUT2D eigenvalue weighted by atomic mass is 16.6. The lowest BCUT2D eigenvalue weighted by atomic mass is 10.1. The minimum atomic E-state index is -0.395. The molecule has 1 aromatic heterocycles. The molecule has 0 saturated carbocycles. The van der Waals surface area contributed by atoms with Crippen molar-refractivity contribution in [2.24, 2.45) is 0 Å². The van der Waals surface area contributed by atoms with E-state index in [2.05, 4.69) is 10.5 Å². The molecule has 7 heteroatoms. The van der Waals surface area contributed by atoms with Gasteiger partial charge in [-0.3, -0.25) is 19.6 Å². The first-order valence-corrected chi connectivity index (χ1v) is 7.13. The van der Waals surface area contributed by atoms with Crippen LogP contribution in [0.15, 0.2) is 30.5 Å². The van der Waals surface area contributed by atoms with Gasteiger partial charge in [-0.15, -0.1) is 0 Å². The quantitative estimate of drug-likeness (QED) is 0.340. The molecule has 0 bridgehead atoms. The van der Waals surface area contributed by atoms with Crippen LogP contribution in [-0.4, -0.2) is 28.6 Å². The Morgan fingerprint density at radius 2 is 2.05 bits per heavy atom. The summed E-state index contributed by atoms with van der Waals surface area (Å²) in [6.07, 6.45) is 4.25. The van der Waals surface area contributed by atoms with Gasteiger partial charge >= 0.3 is 0 Å². The molecule has 0 aliphatic heterocycles. The van der Waals surface area contributed by atoms with Crippen LogP contribution in [0.1, 0.15) is 36.0 Å². The van der Waals surface area contributed by atoms with Crippen LogP contribution in [0.2, 0.25) is 0 Å². The third kappa shape index (κ3) is 4.57. The molecule has 0 spiro atoms. The normalized spacial score (nSPS) is 10.6. The van der Waals surface area contributed by atoms with Gasteiger partial charge in [-0.25, -0.2) is 11.0 Å². The summed E-state index contributed by atoms with van der Waals surface area (Å²) in [7, 11) is 0. The van der Waals surface area contributed by atoms with Crippen molar-refractivity contribution in [3.8, 4) is 0 Å². The lowest BCUT2D eigenvalue weighted by Crippen LogP contribution is -2.24. The number of nitrogens with one attached hydrogen (secondary N) is 3. The first kappa shape index (κ1) is 16.0. The van der Waals surface area contributed by atoms with Crippen molar-refractivity contribution in [1.29, 1.82) is 0 Å². The summed E-state index contributed by atoms with van der Waals surface area (Å²) in [4.78, 5) is 30.8. The Labute approximate surface area is 127 Å². The summed E-state index contributed by atoms with van der Waals surface area (Å²) in [6.45, 7) is 0.372. The fourth-order valence-corrected chi connectivity index (χ4v) is 2.06. The van der Waals surface area contributed by atoms with Crippen LogP contribution in [-0.2, 0) is 9.63 Å². The Bertz CT molecular complexity index is 639. The molecular weight excluding hydrogens is 286 g/mol. The van der Waals surface area contributed by atoms with Gasteiger partial charge in [-0.2, -0.15) is 0 Å². The zero-order chi connectivity index (χ0) is 15.8. The molecule has 4 N–H and O–H groups in total. The smallest absolute Gasteiger partial charge is 0.274 e. The van der Waals surface area contributed by atoms with E-state index in [4.69, 9.17) is 10.0 Å². The molecule has 22 heavy (non-hydrogen) atoms. The van der Waals surface area contributed by atoms with Crippen molar-refractivity contribution in [2.45, 2.75) is 25.7 Å². The fourth-order valence-electron chi connectivity index (χ4n) is 2.06. The van der Waals surface area contributed by atoms with Gasteiger partial charge in [0.2, 0.25) is 5.91 Å². The van der Waals surface area contributed by atoms with Crippen LogP contribution < -0.4 is 11.0 Å². The number of rotatable bonds is 8. The van der Waals surface area contributed by atoms with Crippen LogP contribution >= 0.6 is 0 Å². The Hall–Kier alpha value is -2.38. The number of hydrogen-bond acceptors (Lipinski definition) is 4. The molecule has 0 saturated heterocycles. The molecule has 2 aromatic rings. The highest BCUT2D eigenvalue weighted by molar-refractivity contribution is 5.97. The fraction of sp³-hybridized carbons (Fsp3) is 0.333. The number of amides is 2. The maximum atomic E-state index is 11.9. The summed E-state index contributed by atoms with van der Waals surface area (Å²) < 4.78 is 0. The van der Waals surface area contributed by atoms with E-state index >= 15 is 0 Å². The van der Waals surface area contributed by atoms with Crippen LogP contribution in [0, 0.1) is 0 Å². The van der Waals surface area contributed by atoms with E-state index in [0.29, 0.717) is 25.0 Å². The second kappa shape index (κ2) is 8.16. The lowest BCUT2D eigenvalue weighted by Gasteiger charge is -2.06. The van der Waals surface area contributed by atoms with Gasteiger partial charge in [-0.1, -0.05) is 12.5 Å². The Kier molecular flexibility index (Phi) is 5.93. The molecule has 0 aliphatic carbocycles. The molecule has 0 radical (unpaired) electrons. The molecule has 1 heterocycles. The number of carbonyl (C=O) groups excluding carboxylic acids is 2. The van der Waals surface area contributed by atoms with Crippen LogP contribution in [0.3, 0.4) is 0 Å². The second-order valence-electron chi connectivity index (χ2n) is 4.90. The third-order valence-corrected chi connectivity index (χ3v) is 3.26. The zero-order valence-electron chi connectivity index (χ0n) is 12.1. The van der Waals surface area contributed by atoms with Gasteiger partial charge in [0, 0.05) is 23.7 Å². The van der Waals surface area contributed by atoms with E-state index in [0.717, 1.165) is 17.3 Å². The van der Waals surface area contributed by atoms with Crippen molar-refractivity contribution >= 4 is 22.7 Å². The largest absolute Gasteiger partial charge is 0.361 e. The van der Waals surface area contributed by atoms with Gasteiger partial charge in [0.1, 0.15) is 0 Å². The summed E-state index contributed by atoms with van der Waals surface area (Å²) in [6, 6.07) is 7.31. The summed E-state index contributed by atoms with van der Waals surface area (Å²) in [5, 5.41) is 9.37. The van der Waals surface area contributed by atoms with Crippen molar-refractivity contribution in [3.05, 3.63) is 36.0 Å². The molecular formula is C15H19N3O4. The number of benzene rings is 1. The highest BCUT2D eigenvalue weighted by Gasteiger charge is 2.06. The van der Waals surface area contributed by atoms with Crippen molar-refractivity contribution < 1.29 is 19.6 Å². The predicted molar refractivity (Wildman–Crippen MR) is 80.1 cm³/mol. The molecule has 0 atom stereocenters. The molecule has 0 unspecified atom stereocenters. The molecule has 7 nitrogen and oxygen atoms in total. The number of fused-ring (bicyclic) bond motifs is 1. The van der Waals surface area contributed by atoms with Gasteiger partial charge in [0.15, 0.2) is 0 Å². The second-order valence-corrected chi connectivity index (χ2v) is 4.90. The van der Waals surface area contributed by atoms with E-state index in [1.54, 1.807) is 17.6 Å². The summed E-state index contributed by atoms with van der Waals surface area (Å²) in [5.74, 6) is -0.690. The third-order valence-electron chi connectivity index (χ3n) is 3.26. The first-order chi connectivity index (χ1) is 10.7. The SMILES string of the molecule is O=C(CCCCCONC(=O)c1ccc2cc[nH]c2c1)NO. The maximum absolute atomic E-state index is 11.9. The van der Waals surface area contributed by atoms with Crippen LogP contribution in [0.4, 0.5) is 0 Å². The van der Waals surface area contributed by atoms with Gasteiger partial charge in [0.05, 0.1) is 6.61 Å². The van der Waals surface area contributed by atoms with E-state index < -0.39 is 5.91 Å². The Morgan fingerprint density at radius 1 is 1.18 bits per heavy atom. The minimum Gasteiger partial charge on any atom is -0.361 e. The number of aromatic nitrogens is 1. The number of unbranched alkanes of at least 4 members (excludes halogenated alkanes) is 2. The van der Waals surface area contributed by atoms with Crippen LogP contribution in [0.5, 0.6) is 0 Å². The van der Waals surface area contributed by atoms with E-state index in [-0.39, 0.29) is 12.3 Å². The molecule has 118 valence electrons. The number of aromatic amines is 1. The standard InChI is InChI=1S/C15H19N3O4/c19-14(17-21)4-2-1-3-9-22-18-15(20)12-6-5-11-7-8-16-13(11)10-12/h5-8,10,16,21H,1-4,9H2,(H,17,19)(H,18,20). The first-order valence-electron chi connectivity index (χ1n) is 7.13.